The number of ether oxygens (including phenoxy) is 1. The molecule has 0 bridgehead atoms. The number of aromatic carboxylic acids is 1. The molecule has 1 rings (SSSR count). The van der Waals surface area contributed by atoms with Crippen LogP contribution in [0.3, 0.4) is 0 Å². The average Bonchev–Trinajstić information content (AvgIpc) is 2.35. The molecule has 0 aromatic heterocycles. The monoisotopic (exact) mass is 280 g/mol. The quantitative estimate of drug-likeness (QED) is 0.688. The highest BCUT2D eigenvalue weighted by Crippen LogP contribution is 2.20. The number of nitrogen functional groups attached to an aromatic ring is 1. The van der Waals surface area contributed by atoms with E-state index in [9.17, 15) is 9.59 Å². The van der Waals surface area contributed by atoms with Gasteiger partial charge >= 0.3 is 5.97 Å². The predicted molar refractivity (Wildman–Crippen MR) is 75.8 cm³/mol. The van der Waals surface area contributed by atoms with E-state index < -0.39 is 5.97 Å². The number of carboxylic acid groups (broad SMARTS) is 1. The normalized spacial score (nSPS) is 10.9. The molecule has 20 heavy (non-hydrogen) atoms. The zero-order valence-corrected chi connectivity index (χ0v) is 11.9. The molecule has 0 aliphatic rings. The Morgan fingerprint density at radius 3 is 2.55 bits per heavy atom. The molecule has 0 heterocycles. The number of hydrogen-bond donors (Lipinski definition) is 3. The van der Waals surface area contributed by atoms with E-state index in [4.69, 9.17) is 15.6 Å². The van der Waals surface area contributed by atoms with Crippen LogP contribution in [0, 0.1) is 0 Å². The van der Waals surface area contributed by atoms with Crippen LogP contribution >= 0.6 is 0 Å². The van der Waals surface area contributed by atoms with Gasteiger partial charge in [0.1, 0.15) is 5.75 Å². The fourth-order valence-corrected chi connectivity index (χ4v) is 1.48. The number of amides is 1. The molecule has 0 atom stereocenters. The summed E-state index contributed by atoms with van der Waals surface area (Å²) >= 11 is 0. The zero-order chi connectivity index (χ0) is 15.3. The summed E-state index contributed by atoms with van der Waals surface area (Å²) in [5, 5.41) is 11.7. The molecule has 1 amide bonds. The third-order valence-corrected chi connectivity index (χ3v) is 2.99. The third kappa shape index (κ3) is 4.46. The number of carboxylic acids is 1. The summed E-state index contributed by atoms with van der Waals surface area (Å²) in [5.41, 5.74) is 5.41. The van der Waals surface area contributed by atoms with Crippen molar-refractivity contribution in [3.8, 4) is 5.75 Å². The Kier molecular flexibility index (Phi) is 4.96. The summed E-state index contributed by atoms with van der Waals surface area (Å²) in [7, 11) is 0. The molecule has 0 unspecified atom stereocenters. The first kappa shape index (κ1) is 15.8. The standard InChI is InChI=1S/C14H20N2O4/c1-4-14(2,3)16-12(17)8-20-9-5-6-10(13(18)19)11(15)7-9/h5-7H,4,8,15H2,1-3H3,(H,16,17)(H,18,19). The van der Waals surface area contributed by atoms with Crippen molar-refractivity contribution >= 4 is 17.6 Å². The van der Waals surface area contributed by atoms with E-state index >= 15 is 0 Å². The highest BCUT2D eigenvalue weighted by molar-refractivity contribution is 5.93. The first-order chi connectivity index (χ1) is 9.25. The van der Waals surface area contributed by atoms with E-state index in [-0.39, 0.29) is 29.3 Å². The van der Waals surface area contributed by atoms with Gasteiger partial charge in [0.05, 0.1) is 5.56 Å². The van der Waals surface area contributed by atoms with E-state index in [0.717, 1.165) is 6.42 Å². The van der Waals surface area contributed by atoms with Crippen LogP contribution in [0.15, 0.2) is 18.2 Å². The molecule has 0 aliphatic carbocycles. The van der Waals surface area contributed by atoms with Crippen molar-refractivity contribution < 1.29 is 19.4 Å². The molecule has 110 valence electrons. The van der Waals surface area contributed by atoms with Gasteiger partial charge in [0.2, 0.25) is 0 Å². The molecule has 1 aromatic rings. The topological polar surface area (TPSA) is 102 Å². The van der Waals surface area contributed by atoms with Crippen LogP contribution in [0.4, 0.5) is 5.69 Å². The zero-order valence-electron chi connectivity index (χ0n) is 11.9. The van der Waals surface area contributed by atoms with Crippen LogP contribution in [-0.4, -0.2) is 29.1 Å². The molecule has 0 spiro atoms. The molecule has 0 saturated carbocycles. The fourth-order valence-electron chi connectivity index (χ4n) is 1.48. The number of carbonyl (C=O) groups is 2. The molecule has 0 radical (unpaired) electrons. The molecule has 0 fully saturated rings. The minimum absolute atomic E-state index is 0.00826. The number of nitrogens with two attached hydrogens (primary N) is 1. The van der Waals surface area contributed by atoms with Crippen LogP contribution in [0.1, 0.15) is 37.6 Å². The maximum atomic E-state index is 11.7. The van der Waals surface area contributed by atoms with Crippen LogP contribution in [0.2, 0.25) is 0 Å². The molecular weight excluding hydrogens is 260 g/mol. The number of rotatable bonds is 6. The molecule has 6 heteroatoms. The van der Waals surface area contributed by atoms with Crippen LogP contribution in [-0.2, 0) is 4.79 Å². The Balaban J connectivity index is 2.60. The molecule has 6 nitrogen and oxygen atoms in total. The minimum atomic E-state index is -1.10. The summed E-state index contributed by atoms with van der Waals surface area (Å²) in [4.78, 5) is 22.5. The van der Waals surface area contributed by atoms with Crippen molar-refractivity contribution in [1.29, 1.82) is 0 Å². The number of benzene rings is 1. The molecule has 0 saturated heterocycles. The molecule has 0 aliphatic heterocycles. The van der Waals surface area contributed by atoms with Crippen LogP contribution in [0.5, 0.6) is 5.75 Å². The largest absolute Gasteiger partial charge is 0.484 e. The number of nitrogens with one attached hydrogen (secondary N) is 1. The smallest absolute Gasteiger partial charge is 0.337 e. The van der Waals surface area contributed by atoms with E-state index in [1.807, 2.05) is 20.8 Å². The Morgan fingerprint density at radius 1 is 1.40 bits per heavy atom. The van der Waals surface area contributed by atoms with Crippen molar-refractivity contribution in [1.82, 2.24) is 5.32 Å². The van der Waals surface area contributed by atoms with Gasteiger partial charge in [-0.2, -0.15) is 0 Å². The number of hydrogen-bond acceptors (Lipinski definition) is 4. The average molecular weight is 280 g/mol. The SMILES string of the molecule is CCC(C)(C)NC(=O)COc1ccc(C(=O)O)c(N)c1. The lowest BCUT2D eigenvalue weighted by molar-refractivity contribution is -0.124. The number of anilines is 1. The fraction of sp³-hybridized carbons (Fsp3) is 0.429. The summed E-state index contributed by atoms with van der Waals surface area (Å²) in [6, 6.07) is 4.21. The Hall–Kier alpha value is -2.24. The summed E-state index contributed by atoms with van der Waals surface area (Å²) < 4.78 is 5.29. The second-order valence-corrected chi connectivity index (χ2v) is 5.13. The maximum Gasteiger partial charge on any atom is 0.337 e. The molecular formula is C14H20N2O4. The molecule has 4 N–H and O–H groups in total. The second-order valence-electron chi connectivity index (χ2n) is 5.13. The van der Waals surface area contributed by atoms with Crippen molar-refractivity contribution in [2.75, 3.05) is 12.3 Å². The van der Waals surface area contributed by atoms with E-state index in [0.29, 0.717) is 5.75 Å². The van der Waals surface area contributed by atoms with Crippen molar-refractivity contribution in [2.24, 2.45) is 0 Å². The number of carbonyl (C=O) groups excluding carboxylic acids is 1. The maximum absolute atomic E-state index is 11.7. The van der Waals surface area contributed by atoms with Crippen molar-refractivity contribution in [2.45, 2.75) is 32.7 Å². The minimum Gasteiger partial charge on any atom is -0.484 e. The second kappa shape index (κ2) is 6.27. The Bertz CT molecular complexity index is 512. The van der Waals surface area contributed by atoms with Gasteiger partial charge < -0.3 is 20.9 Å². The summed E-state index contributed by atoms with van der Waals surface area (Å²) in [6.45, 7) is 5.68. The van der Waals surface area contributed by atoms with E-state index in [1.54, 1.807) is 0 Å². The van der Waals surface area contributed by atoms with Gasteiger partial charge in [-0.15, -0.1) is 0 Å². The van der Waals surface area contributed by atoms with Gasteiger partial charge in [-0.05, 0) is 32.4 Å². The van der Waals surface area contributed by atoms with Gasteiger partial charge in [0.15, 0.2) is 6.61 Å². The van der Waals surface area contributed by atoms with Gasteiger partial charge in [0.25, 0.3) is 5.91 Å². The van der Waals surface area contributed by atoms with E-state index in [2.05, 4.69) is 5.32 Å². The molecule has 1 aromatic carbocycles. The van der Waals surface area contributed by atoms with Gasteiger partial charge in [0, 0.05) is 17.3 Å². The van der Waals surface area contributed by atoms with Crippen LogP contribution in [0.25, 0.3) is 0 Å². The van der Waals surface area contributed by atoms with Crippen molar-refractivity contribution in [3.63, 3.8) is 0 Å². The predicted octanol–water partition coefficient (Wildman–Crippen LogP) is 1.65. The third-order valence-electron chi connectivity index (χ3n) is 2.99. The Labute approximate surface area is 117 Å². The first-order valence-electron chi connectivity index (χ1n) is 6.32. The van der Waals surface area contributed by atoms with E-state index in [1.165, 1.54) is 18.2 Å². The lowest BCUT2D eigenvalue weighted by Gasteiger charge is -2.24. The lowest BCUT2D eigenvalue weighted by Crippen LogP contribution is -2.44. The summed E-state index contributed by atoms with van der Waals surface area (Å²) in [6.07, 6.45) is 0.805. The van der Waals surface area contributed by atoms with Crippen molar-refractivity contribution in [3.05, 3.63) is 23.8 Å². The highest BCUT2D eigenvalue weighted by Gasteiger charge is 2.18. The lowest BCUT2D eigenvalue weighted by atomic mass is 10.0. The first-order valence-corrected chi connectivity index (χ1v) is 6.32. The van der Waals surface area contributed by atoms with Crippen LogP contribution < -0.4 is 15.8 Å². The summed E-state index contributed by atoms with van der Waals surface area (Å²) in [5.74, 6) is -0.980. The Morgan fingerprint density at radius 2 is 2.05 bits per heavy atom. The van der Waals surface area contributed by atoms with Gasteiger partial charge in [-0.25, -0.2) is 4.79 Å². The highest BCUT2D eigenvalue weighted by atomic mass is 16.5. The van der Waals surface area contributed by atoms with Gasteiger partial charge in [-0.3, -0.25) is 4.79 Å². The van der Waals surface area contributed by atoms with Gasteiger partial charge in [-0.1, -0.05) is 6.92 Å².